The summed E-state index contributed by atoms with van der Waals surface area (Å²) in [6, 6.07) is 5.90. The van der Waals surface area contributed by atoms with Crippen LogP contribution in [0.15, 0.2) is 33.5 Å². The molecule has 0 unspecified atom stereocenters. The van der Waals surface area contributed by atoms with Gasteiger partial charge in [-0.1, -0.05) is 5.16 Å². The van der Waals surface area contributed by atoms with Gasteiger partial charge >= 0.3 is 0 Å². The molecule has 0 aliphatic heterocycles. The molecule has 24 heavy (non-hydrogen) atoms. The molecule has 1 saturated carbocycles. The zero-order chi connectivity index (χ0) is 16.5. The second kappa shape index (κ2) is 6.24. The van der Waals surface area contributed by atoms with Gasteiger partial charge in [0.15, 0.2) is 5.69 Å². The van der Waals surface area contributed by atoms with Crippen molar-refractivity contribution in [3.8, 4) is 11.3 Å². The lowest BCUT2D eigenvalue weighted by atomic mass is 10.2. The summed E-state index contributed by atoms with van der Waals surface area (Å²) in [6.45, 7) is 2.93. The van der Waals surface area contributed by atoms with Gasteiger partial charge in [0.1, 0.15) is 5.76 Å². The van der Waals surface area contributed by atoms with Crippen molar-refractivity contribution in [3.63, 3.8) is 0 Å². The second-order valence-electron chi connectivity index (χ2n) is 6.04. The Morgan fingerprint density at radius 3 is 3.00 bits per heavy atom. The summed E-state index contributed by atoms with van der Waals surface area (Å²) < 4.78 is 6.95. The predicted molar refractivity (Wildman–Crippen MR) is 91.1 cm³/mol. The molecule has 1 aliphatic carbocycles. The fraction of sp³-hybridized carbons (Fsp3) is 0.353. The number of aryl methyl sites for hydroxylation is 1. The molecule has 4 rings (SSSR count). The Labute approximate surface area is 143 Å². The Hall–Kier alpha value is -2.41. The van der Waals surface area contributed by atoms with Crippen LogP contribution < -0.4 is 5.32 Å². The third-order valence-corrected chi connectivity index (χ3v) is 4.78. The van der Waals surface area contributed by atoms with E-state index in [1.54, 1.807) is 24.3 Å². The lowest BCUT2D eigenvalue weighted by Crippen LogP contribution is -2.28. The van der Waals surface area contributed by atoms with Crippen LogP contribution in [0.2, 0.25) is 0 Å². The fourth-order valence-electron chi connectivity index (χ4n) is 2.71. The molecule has 1 aliphatic rings. The highest BCUT2D eigenvalue weighted by Gasteiger charge is 2.28. The summed E-state index contributed by atoms with van der Waals surface area (Å²) in [5.41, 5.74) is 3.75. The molecule has 7 heteroatoms. The monoisotopic (exact) mass is 342 g/mol. The Morgan fingerprint density at radius 1 is 1.46 bits per heavy atom. The van der Waals surface area contributed by atoms with Crippen molar-refractivity contribution in [2.75, 3.05) is 6.54 Å². The highest BCUT2D eigenvalue weighted by atomic mass is 32.1. The van der Waals surface area contributed by atoms with E-state index in [4.69, 9.17) is 9.62 Å². The first-order chi connectivity index (χ1) is 11.7. The lowest BCUT2D eigenvalue weighted by molar-refractivity contribution is 0.0942. The first kappa shape index (κ1) is 15.1. The molecule has 1 N–H and O–H groups in total. The van der Waals surface area contributed by atoms with E-state index in [0.717, 1.165) is 11.3 Å². The highest BCUT2D eigenvalue weighted by Crippen LogP contribution is 2.41. The van der Waals surface area contributed by atoms with Crippen molar-refractivity contribution in [1.82, 2.24) is 20.3 Å². The van der Waals surface area contributed by atoms with Crippen LogP contribution >= 0.6 is 11.3 Å². The van der Waals surface area contributed by atoms with Crippen molar-refractivity contribution in [2.45, 2.75) is 32.2 Å². The smallest absolute Gasteiger partial charge is 0.273 e. The summed E-state index contributed by atoms with van der Waals surface area (Å²) in [6.07, 6.45) is 2.44. The molecule has 0 bridgehead atoms. The third-order valence-electron chi connectivity index (χ3n) is 4.09. The van der Waals surface area contributed by atoms with Gasteiger partial charge in [0.2, 0.25) is 0 Å². The molecule has 0 saturated heterocycles. The number of amides is 1. The molecule has 3 heterocycles. The minimum atomic E-state index is -0.218. The van der Waals surface area contributed by atoms with Gasteiger partial charge in [-0.25, -0.2) is 0 Å². The highest BCUT2D eigenvalue weighted by molar-refractivity contribution is 7.08. The first-order valence-electron chi connectivity index (χ1n) is 8.02. The van der Waals surface area contributed by atoms with Crippen LogP contribution in [0.25, 0.3) is 11.3 Å². The quantitative estimate of drug-likeness (QED) is 0.746. The Morgan fingerprint density at radius 2 is 2.33 bits per heavy atom. The average Bonchev–Trinajstić information content (AvgIpc) is 2.99. The maximum atomic E-state index is 12.0. The van der Waals surface area contributed by atoms with Gasteiger partial charge in [0.05, 0.1) is 12.2 Å². The topological polar surface area (TPSA) is 73.0 Å². The van der Waals surface area contributed by atoms with Gasteiger partial charge in [0.25, 0.3) is 5.91 Å². The van der Waals surface area contributed by atoms with Gasteiger partial charge in [-0.05, 0) is 37.3 Å². The van der Waals surface area contributed by atoms with E-state index in [0.29, 0.717) is 30.5 Å². The Kier molecular flexibility index (Phi) is 3.93. The van der Waals surface area contributed by atoms with E-state index in [-0.39, 0.29) is 5.91 Å². The number of nitrogens with one attached hydrogen (secondary N) is 1. The molecule has 124 valence electrons. The van der Waals surface area contributed by atoms with Crippen molar-refractivity contribution in [1.29, 1.82) is 0 Å². The molecule has 0 aromatic carbocycles. The summed E-state index contributed by atoms with van der Waals surface area (Å²) in [4.78, 5) is 12.0. The minimum Gasteiger partial charge on any atom is -0.361 e. The van der Waals surface area contributed by atoms with Gasteiger partial charge in [-0.3, -0.25) is 9.48 Å². The minimum absolute atomic E-state index is 0.218. The number of rotatable bonds is 6. The number of carbonyl (C=O) groups excluding carboxylic acids is 1. The zero-order valence-electron chi connectivity index (χ0n) is 13.4. The number of thiophene rings is 1. The average molecular weight is 342 g/mol. The molecule has 0 atom stereocenters. The van der Waals surface area contributed by atoms with Gasteiger partial charge in [-0.15, -0.1) is 0 Å². The van der Waals surface area contributed by atoms with Gasteiger partial charge in [-0.2, -0.15) is 16.4 Å². The number of aromatic nitrogens is 3. The largest absolute Gasteiger partial charge is 0.361 e. The maximum Gasteiger partial charge on any atom is 0.273 e. The molecule has 0 spiro atoms. The zero-order valence-corrected chi connectivity index (χ0v) is 14.2. The number of hydrogen-bond donors (Lipinski definition) is 1. The summed E-state index contributed by atoms with van der Waals surface area (Å²) in [5, 5.41) is 15.5. The van der Waals surface area contributed by atoms with Crippen LogP contribution in [-0.2, 0) is 6.54 Å². The van der Waals surface area contributed by atoms with Gasteiger partial charge in [0, 0.05) is 35.2 Å². The summed E-state index contributed by atoms with van der Waals surface area (Å²) in [7, 11) is 0. The summed E-state index contributed by atoms with van der Waals surface area (Å²) >= 11 is 1.67. The molecule has 1 amide bonds. The normalized spacial score (nSPS) is 14.0. The molecular weight excluding hydrogens is 324 g/mol. The third kappa shape index (κ3) is 3.12. The lowest BCUT2D eigenvalue weighted by Gasteiger charge is -2.07. The standard InChI is InChI=1S/C17H18N4O2S/c1-11-8-15(20-23-11)17(22)18-5-6-21-16(12-2-3-12)9-14(19-21)13-4-7-24-10-13/h4,7-10,12H,2-3,5-6H2,1H3,(H,18,22). The van der Waals surface area contributed by atoms with Crippen LogP contribution in [0.5, 0.6) is 0 Å². The summed E-state index contributed by atoms with van der Waals surface area (Å²) in [5.74, 6) is 1.02. The predicted octanol–water partition coefficient (Wildman–Crippen LogP) is 3.22. The number of carbonyl (C=O) groups is 1. The number of nitrogens with zero attached hydrogens (tertiary/aromatic N) is 3. The van der Waals surface area contributed by atoms with Gasteiger partial charge < -0.3 is 9.84 Å². The first-order valence-corrected chi connectivity index (χ1v) is 8.97. The molecule has 0 radical (unpaired) electrons. The molecule has 1 fully saturated rings. The molecule has 3 aromatic heterocycles. The van der Waals surface area contributed by atoms with Crippen LogP contribution in [0, 0.1) is 6.92 Å². The van der Waals surface area contributed by atoms with Crippen molar-refractivity contribution >= 4 is 17.2 Å². The fourth-order valence-corrected chi connectivity index (χ4v) is 3.36. The van der Waals surface area contributed by atoms with Crippen LogP contribution in [0.3, 0.4) is 0 Å². The SMILES string of the molecule is Cc1cc(C(=O)NCCn2nc(-c3ccsc3)cc2C2CC2)no1. The second-order valence-corrected chi connectivity index (χ2v) is 6.82. The van der Waals surface area contributed by atoms with Crippen molar-refractivity contribution in [2.24, 2.45) is 0 Å². The Balaban J connectivity index is 1.43. The maximum absolute atomic E-state index is 12.0. The van der Waals surface area contributed by atoms with Crippen LogP contribution in [0.4, 0.5) is 0 Å². The van der Waals surface area contributed by atoms with E-state index in [1.165, 1.54) is 18.5 Å². The van der Waals surface area contributed by atoms with E-state index in [2.05, 4.69) is 33.4 Å². The molecule has 3 aromatic rings. The van der Waals surface area contributed by atoms with E-state index in [9.17, 15) is 4.79 Å². The molecular formula is C17H18N4O2S. The van der Waals surface area contributed by atoms with E-state index >= 15 is 0 Å². The van der Waals surface area contributed by atoms with E-state index in [1.807, 2.05) is 4.68 Å². The van der Waals surface area contributed by atoms with Crippen LogP contribution in [-0.4, -0.2) is 27.4 Å². The van der Waals surface area contributed by atoms with Crippen LogP contribution in [0.1, 0.15) is 40.7 Å². The number of hydrogen-bond acceptors (Lipinski definition) is 5. The van der Waals surface area contributed by atoms with Crippen molar-refractivity contribution in [3.05, 3.63) is 46.1 Å². The molecule has 6 nitrogen and oxygen atoms in total. The van der Waals surface area contributed by atoms with Crippen molar-refractivity contribution < 1.29 is 9.32 Å². The van der Waals surface area contributed by atoms with E-state index < -0.39 is 0 Å². The Bertz CT molecular complexity index is 846.